The van der Waals surface area contributed by atoms with Crippen LogP contribution < -0.4 is 5.73 Å². The molecule has 4 nitrogen and oxygen atoms in total. The highest BCUT2D eigenvalue weighted by Gasteiger charge is 2.38. The summed E-state index contributed by atoms with van der Waals surface area (Å²) < 4.78 is 5.07. The van der Waals surface area contributed by atoms with Crippen LogP contribution in [0.15, 0.2) is 30.3 Å². The molecule has 110 valence electrons. The third kappa shape index (κ3) is 3.81. The molecule has 0 radical (unpaired) electrons. The molecule has 0 bridgehead atoms. The number of likely N-dealkylation sites (tertiary alicyclic amines) is 1. The van der Waals surface area contributed by atoms with Gasteiger partial charge < -0.3 is 15.4 Å². The molecule has 2 N–H and O–H groups in total. The van der Waals surface area contributed by atoms with Gasteiger partial charge in [0.2, 0.25) is 0 Å². The van der Waals surface area contributed by atoms with Crippen molar-refractivity contribution in [1.82, 2.24) is 4.90 Å². The molecule has 20 heavy (non-hydrogen) atoms. The Labute approximate surface area is 120 Å². The third-order valence-corrected chi connectivity index (χ3v) is 3.99. The van der Waals surface area contributed by atoms with Crippen molar-refractivity contribution in [2.45, 2.75) is 31.7 Å². The first-order valence-corrected chi connectivity index (χ1v) is 7.36. The van der Waals surface area contributed by atoms with E-state index in [1.54, 1.807) is 0 Å². The number of piperidine rings is 1. The van der Waals surface area contributed by atoms with Gasteiger partial charge in [0.1, 0.15) is 5.54 Å². The largest absolute Gasteiger partial charge is 0.465 e. The molecule has 2 rings (SSSR count). The van der Waals surface area contributed by atoms with Crippen molar-refractivity contribution in [3.8, 4) is 0 Å². The second kappa shape index (κ2) is 6.86. The summed E-state index contributed by atoms with van der Waals surface area (Å²) in [4.78, 5) is 14.2. The second-order valence-corrected chi connectivity index (χ2v) is 5.45. The maximum atomic E-state index is 11.8. The molecule has 0 atom stereocenters. The molecule has 1 aliphatic rings. The van der Waals surface area contributed by atoms with E-state index in [0.717, 1.165) is 26.1 Å². The van der Waals surface area contributed by atoms with E-state index < -0.39 is 5.54 Å². The molecule has 4 heteroatoms. The average molecular weight is 276 g/mol. The van der Waals surface area contributed by atoms with Crippen LogP contribution >= 0.6 is 0 Å². The standard InChI is InChI=1S/C16H24N2O2/c1-2-20-15(19)16(17)9-12-18(13-10-16)11-8-14-6-4-3-5-7-14/h3-7H,2,8-13,17H2,1H3. The highest BCUT2D eigenvalue weighted by molar-refractivity contribution is 5.80. The maximum Gasteiger partial charge on any atom is 0.326 e. The van der Waals surface area contributed by atoms with Crippen molar-refractivity contribution < 1.29 is 9.53 Å². The minimum Gasteiger partial charge on any atom is -0.465 e. The van der Waals surface area contributed by atoms with Crippen LogP contribution in [-0.2, 0) is 16.0 Å². The van der Waals surface area contributed by atoms with Crippen molar-refractivity contribution in [3.63, 3.8) is 0 Å². The summed E-state index contributed by atoms with van der Waals surface area (Å²) >= 11 is 0. The number of nitrogens with zero attached hydrogens (tertiary/aromatic N) is 1. The number of hydrogen-bond donors (Lipinski definition) is 1. The Morgan fingerprint density at radius 1 is 1.30 bits per heavy atom. The predicted octanol–water partition coefficient (Wildman–Crippen LogP) is 1.59. The van der Waals surface area contributed by atoms with Gasteiger partial charge in [-0.25, -0.2) is 0 Å². The molecule has 1 heterocycles. The van der Waals surface area contributed by atoms with Gasteiger partial charge in [-0.05, 0) is 31.7 Å². The van der Waals surface area contributed by atoms with Crippen molar-refractivity contribution in [1.29, 1.82) is 0 Å². The molecular weight excluding hydrogens is 252 g/mol. The molecular formula is C16H24N2O2. The Bertz CT molecular complexity index is 425. The number of nitrogens with two attached hydrogens (primary N) is 1. The minimum atomic E-state index is -0.779. The average Bonchev–Trinajstić information content (AvgIpc) is 2.48. The zero-order valence-corrected chi connectivity index (χ0v) is 12.2. The van der Waals surface area contributed by atoms with Crippen LogP contribution in [0.4, 0.5) is 0 Å². The smallest absolute Gasteiger partial charge is 0.326 e. The zero-order chi connectivity index (χ0) is 14.4. The fourth-order valence-electron chi connectivity index (χ4n) is 2.59. The van der Waals surface area contributed by atoms with Crippen LogP contribution in [0.5, 0.6) is 0 Å². The van der Waals surface area contributed by atoms with Gasteiger partial charge in [0.05, 0.1) is 6.61 Å². The van der Waals surface area contributed by atoms with Gasteiger partial charge in [0.15, 0.2) is 0 Å². The normalized spacial score (nSPS) is 18.7. The predicted molar refractivity (Wildman–Crippen MR) is 79.4 cm³/mol. The van der Waals surface area contributed by atoms with Gasteiger partial charge in [-0.1, -0.05) is 30.3 Å². The Morgan fingerprint density at radius 3 is 2.55 bits per heavy atom. The van der Waals surface area contributed by atoms with Crippen LogP contribution in [0.1, 0.15) is 25.3 Å². The fraction of sp³-hybridized carbons (Fsp3) is 0.562. The van der Waals surface area contributed by atoms with E-state index in [9.17, 15) is 4.79 Å². The minimum absolute atomic E-state index is 0.247. The summed E-state index contributed by atoms with van der Waals surface area (Å²) in [6.45, 7) is 4.96. The number of benzene rings is 1. The molecule has 0 spiro atoms. The van der Waals surface area contributed by atoms with Gasteiger partial charge in [-0.15, -0.1) is 0 Å². The summed E-state index contributed by atoms with van der Waals surface area (Å²) in [5.74, 6) is -0.247. The van der Waals surface area contributed by atoms with Crippen LogP contribution in [-0.4, -0.2) is 42.6 Å². The van der Waals surface area contributed by atoms with Crippen molar-refractivity contribution in [3.05, 3.63) is 35.9 Å². The quantitative estimate of drug-likeness (QED) is 0.830. The van der Waals surface area contributed by atoms with Crippen molar-refractivity contribution in [2.75, 3.05) is 26.2 Å². The first-order chi connectivity index (χ1) is 9.64. The number of hydrogen-bond acceptors (Lipinski definition) is 4. The summed E-state index contributed by atoms with van der Waals surface area (Å²) in [7, 11) is 0. The molecule has 0 saturated carbocycles. The van der Waals surface area contributed by atoms with E-state index >= 15 is 0 Å². The summed E-state index contributed by atoms with van der Waals surface area (Å²) in [5.41, 5.74) is 6.73. The second-order valence-electron chi connectivity index (χ2n) is 5.45. The van der Waals surface area contributed by atoms with Gasteiger partial charge >= 0.3 is 5.97 Å². The van der Waals surface area contributed by atoms with Crippen LogP contribution in [0.3, 0.4) is 0 Å². The van der Waals surface area contributed by atoms with Gasteiger partial charge in [-0.3, -0.25) is 4.79 Å². The first-order valence-electron chi connectivity index (χ1n) is 7.36. The van der Waals surface area contributed by atoms with Gasteiger partial charge in [0.25, 0.3) is 0 Å². The number of esters is 1. The molecule has 0 unspecified atom stereocenters. The van der Waals surface area contributed by atoms with Crippen LogP contribution in [0, 0.1) is 0 Å². The Hall–Kier alpha value is -1.39. The Morgan fingerprint density at radius 2 is 1.95 bits per heavy atom. The summed E-state index contributed by atoms with van der Waals surface area (Å²) in [6.07, 6.45) is 2.40. The van der Waals surface area contributed by atoms with Crippen LogP contribution in [0.2, 0.25) is 0 Å². The molecule has 1 saturated heterocycles. The molecule has 0 aliphatic carbocycles. The molecule has 1 aliphatic heterocycles. The first kappa shape index (κ1) is 15.0. The van der Waals surface area contributed by atoms with Gasteiger partial charge in [0, 0.05) is 19.6 Å². The lowest BCUT2D eigenvalue weighted by Crippen LogP contribution is -2.56. The molecule has 1 aromatic rings. The lowest BCUT2D eigenvalue weighted by atomic mass is 9.88. The number of carbonyl (C=O) groups excluding carboxylic acids is 1. The topological polar surface area (TPSA) is 55.6 Å². The number of rotatable bonds is 5. The highest BCUT2D eigenvalue weighted by atomic mass is 16.5. The van der Waals surface area contributed by atoms with E-state index in [-0.39, 0.29) is 5.97 Å². The van der Waals surface area contributed by atoms with E-state index in [1.807, 2.05) is 13.0 Å². The lowest BCUT2D eigenvalue weighted by Gasteiger charge is -2.37. The van der Waals surface area contributed by atoms with E-state index in [0.29, 0.717) is 19.4 Å². The van der Waals surface area contributed by atoms with Crippen LogP contribution in [0.25, 0.3) is 0 Å². The molecule has 1 aromatic carbocycles. The van der Waals surface area contributed by atoms with E-state index in [2.05, 4.69) is 29.2 Å². The van der Waals surface area contributed by atoms with Gasteiger partial charge in [-0.2, -0.15) is 0 Å². The highest BCUT2D eigenvalue weighted by Crippen LogP contribution is 2.21. The lowest BCUT2D eigenvalue weighted by molar-refractivity contribution is -0.151. The Balaban J connectivity index is 1.78. The Kier molecular flexibility index (Phi) is 5.15. The fourth-order valence-corrected chi connectivity index (χ4v) is 2.59. The molecule has 0 aromatic heterocycles. The van der Waals surface area contributed by atoms with Crippen molar-refractivity contribution >= 4 is 5.97 Å². The monoisotopic (exact) mass is 276 g/mol. The summed E-state index contributed by atoms with van der Waals surface area (Å²) in [6, 6.07) is 10.5. The maximum absolute atomic E-state index is 11.8. The third-order valence-electron chi connectivity index (χ3n) is 3.99. The zero-order valence-electron chi connectivity index (χ0n) is 12.2. The van der Waals surface area contributed by atoms with E-state index in [1.165, 1.54) is 5.56 Å². The number of ether oxygens (including phenoxy) is 1. The summed E-state index contributed by atoms with van der Waals surface area (Å²) in [5, 5.41) is 0. The number of carbonyl (C=O) groups is 1. The van der Waals surface area contributed by atoms with E-state index in [4.69, 9.17) is 10.5 Å². The van der Waals surface area contributed by atoms with Crippen molar-refractivity contribution in [2.24, 2.45) is 5.73 Å². The molecule has 0 amide bonds. The molecule has 1 fully saturated rings. The SMILES string of the molecule is CCOC(=O)C1(N)CCN(CCc2ccccc2)CC1.